The maximum atomic E-state index is 9.89. The van der Waals surface area contributed by atoms with Gasteiger partial charge in [0.2, 0.25) is 0 Å². The Labute approximate surface area is 120 Å². The van der Waals surface area contributed by atoms with Crippen LogP contribution in [0.3, 0.4) is 0 Å². The summed E-state index contributed by atoms with van der Waals surface area (Å²) in [7, 11) is 0. The van der Waals surface area contributed by atoms with Gasteiger partial charge in [-0.25, -0.2) is 9.97 Å². The molecule has 0 radical (unpaired) electrons. The lowest BCUT2D eigenvalue weighted by atomic mass is 10.2. The SMILES string of the molecule is CCNc1cc(NCC(O)C2CC2)nc(COCC)n1. The number of nitrogens with zero attached hydrogens (tertiary/aromatic N) is 2. The topological polar surface area (TPSA) is 79.3 Å². The summed E-state index contributed by atoms with van der Waals surface area (Å²) >= 11 is 0. The lowest BCUT2D eigenvalue weighted by Crippen LogP contribution is -2.22. The fraction of sp³-hybridized carbons (Fsp3) is 0.714. The Bertz CT molecular complexity index is 424. The highest BCUT2D eigenvalue weighted by atomic mass is 16.5. The van der Waals surface area contributed by atoms with Crippen LogP contribution in [0.1, 0.15) is 32.5 Å². The number of nitrogens with one attached hydrogen (secondary N) is 2. The largest absolute Gasteiger partial charge is 0.391 e. The van der Waals surface area contributed by atoms with Crippen molar-refractivity contribution >= 4 is 11.6 Å². The van der Waals surface area contributed by atoms with Crippen molar-refractivity contribution in [2.24, 2.45) is 5.92 Å². The van der Waals surface area contributed by atoms with E-state index in [4.69, 9.17) is 4.74 Å². The van der Waals surface area contributed by atoms with Crippen molar-refractivity contribution in [3.8, 4) is 0 Å². The molecular formula is C14H24N4O2. The first kappa shape index (κ1) is 15.0. The molecule has 1 fully saturated rings. The molecule has 112 valence electrons. The molecule has 0 spiro atoms. The molecule has 6 nitrogen and oxygen atoms in total. The Hall–Kier alpha value is -1.40. The molecule has 1 aromatic rings. The lowest BCUT2D eigenvalue weighted by molar-refractivity contribution is 0.128. The molecule has 0 bridgehead atoms. The molecule has 0 amide bonds. The van der Waals surface area contributed by atoms with Crippen LogP contribution in [0.15, 0.2) is 6.07 Å². The first-order valence-corrected chi connectivity index (χ1v) is 7.34. The summed E-state index contributed by atoms with van der Waals surface area (Å²) in [5, 5.41) is 16.3. The summed E-state index contributed by atoms with van der Waals surface area (Å²) in [4.78, 5) is 8.79. The van der Waals surface area contributed by atoms with E-state index in [1.165, 1.54) is 0 Å². The highest BCUT2D eigenvalue weighted by Gasteiger charge is 2.29. The average Bonchev–Trinajstić information content (AvgIpc) is 3.27. The molecule has 0 aromatic carbocycles. The van der Waals surface area contributed by atoms with Crippen molar-refractivity contribution in [1.82, 2.24) is 9.97 Å². The van der Waals surface area contributed by atoms with Gasteiger partial charge in [-0.15, -0.1) is 0 Å². The number of aromatic nitrogens is 2. The van der Waals surface area contributed by atoms with E-state index in [0.717, 1.165) is 31.0 Å². The molecule has 2 rings (SSSR count). The maximum absolute atomic E-state index is 9.89. The Morgan fingerprint density at radius 2 is 2.00 bits per heavy atom. The first-order valence-electron chi connectivity index (χ1n) is 7.34. The summed E-state index contributed by atoms with van der Waals surface area (Å²) < 4.78 is 5.35. The Morgan fingerprint density at radius 3 is 2.60 bits per heavy atom. The van der Waals surface area contributed by atoms with Gasteiger partial charge in [-0.3, -0.25) is 0 Å². The molecule has 1 aliphatic carbocycles. The zero-order valence-corrected chi connectivity index (χ0v) is 12.2. The zero-order valence-electron chi connectivity index (χ0n) is 12.2. The van der Waals surface area contributed by atoms with E-state index in [1.807, 2.05) is 19.9 Å². The van der Waals surface area contributed by atoms with Crippen LogP contribution in [0.2, 0.25) is 0 Å². The molecule has 3 N–H and O–H groups in total. The average molecular weight is 280 g/mol. The summed E-state index contributed by atoms with van der Waals surface area (Å²) in [5.74, 6) is 2.61. The normalized spacial score (nSPS) is 15.9. The minimum atomic E-state index is -0.289. The predicted molar refractivity (Wildman–Crippen MR) is 78.7 cm³/mol. The van der Waals surface area contributed by atoms with Crippen molar-refractivity contribution in [3.63, 3.8) is 0 Å². The molecule has 1 unspecified atom stereocenters. The predicted octanol–water partition coefficient (Wildman–Crippen LogP) is 1.63. The van der Waals surface area contributed by atoms with Crippen LogP contribution >= 0.6 is 0 Å². The lowest BCUT2D eigenvalue weighted by Gasteiger charge is -2.13. The minimum Gasteiger partial charge on any atom is -0.391 e. The molecule has 0 aliphatic heterocycles. The van der Waals surface area contributed by atoms with Gasteiger partial charge in [-0.05, 0) is 32.6 Å². The van der Waals surface area contributed by atoms with Crippen LogP contribution in [0, 0.1) is 5.92 Å². The van der Waals surface area contributed by atoms with Crippen LogP contribution in [0.5, 0.6) is 0 Å². The van der Waals surface area contributed by atoms with E-state index in [1.54, 1.807) is 0 Å². The van der Waals surface area contributed by atoms with Crippen LogP contribution < -0.4 is 10.6 Å². The number of rotatable bonds is 9. The number of hydrogen-bond donors (Lipinski definition) is 3. The molecule has 0 saturated heterocycles. The zero-order chi connectivity index (χ0) is 14.4. The van der Waals surface area contributed by atoms with Crippen molar-refractivity contribution in [2.75, 3.05) is 30.3 Å². The Balaban J connectivity index is 1.98. The third-order valence-electron chi connectivity index (χ3n) is 3.22. The third-order valence-corrected chi connectivity index (χ3v) is 3.22. The van der Waals surface area contributed by atoms with Gasteiger partial charge in [0.05, 0.1) is 6.10 Å². The molecule has 1 heterocycles. The number of aliphatic hydroxyl groups excluding tert-OH is 1. The highest BCUT2D eigenvalue weighted by Crippen LogP contribution is 2.32. The summed E-state index contributed by atoms with van der Waals surface area (Å²) in [6.45, 7) is 6.33. The van der Waals surface area contributed by atoms with E-state index in [0.29, 0.717) is 31.5 Å². The molecular weight excluding hydrogens is 256 g/mol. The van der Waals surface area contributed by atoms with Crippen molar-refractivity contribution in [2.45, 2.75) is 39.4 Å². The molecule has 1 aromatic heterocycles. The van der Waals surface area contributed by atoms with Gasteiger partial charge < -0.3 is 20.5 Å². The van der Waals surface area contributed by atoms with Gasteiger partial charge in [0, 0.05) is 25.8 Å². The molecule has 1 saturated carbocycles. The smallest absolute Gasteiger partial charge is 0.158 e. The van der Waals surface area contributed by atoms with Crippen LogP contribution in [0.25, 0.3) is 0 Å². The molecule has 6 heteroatoms. The Kier molecular flexibility index (Phi) is 5.55. The quantitative estimate of drug-likeness (QED) is 0.638. The van der Waals surface area contributed by atoms with E-state index in [9.17, 15) is 5.11 Å². The van der Waals surface area contributed by atoms with Crippen LogP contribution in [0.4, 0.5) is 11.6 Å². The first-order chi connectivity index (χ1) is 9.72. The van der Waals surface area contributed by atoms with Gasteiger partial charge in [0.1, 0.15) is 18.2 Å². The number of anilines is 2. The maximum Gasteiger partial charge on any atom is 0.158 e. The van der Waals surface area contributed by atoms with Crippen LogP contribution in [-0.2, 0) is 11.3 Å². The highest BCUT2D eigenvalue weighted by molar-refractivity contribution is 5.47. The molecule has 1 atom stereocenters. The van der Waals surface area contributed by atoms with E-state index in [-0.39, 0.29) is 6.10 Å². The van der Waals surface area contributed by atoms with E-state index in [2.05, 4.69) is 20.6 Å². The second-order valence-electron chi connectivity index (χ2n) is 5.01. The number of hydrogen-bond acceptors (Lipinski definition) is 6. The van der Waals surface area contributed by atoms with Crippen molar-refractivity contribution in [1.29, 1.82) is 0 Å². The van der Waals surface area contributed by atoms with E-state index >= 15 is 0 Å². The van der Waals surface area contributed by atoms with Crippen molar-refractivity contribution < 1.29 is 9.84 Å². The van der Waals surface area contributed by atoms with Gasteiger partial charge in [-0.2, -0.15) is 0 Å². The van der Waals surface area contributed by atoms with E-state index < -0.39 is 0 Å². The van der Waals surface area contributed by atoms with Gasteiger partial charge in [-0.1, -0.05) is 0 Å². The summed E-state index contributed by atoms with van der Waals surface area (Å²) in [6.07, 6.45) is 1.97. The fourth-order valence-electron chi connectivity index (χ4n) is 1.97. The van der Waals surface area contributed by atoms with Gasteiger partial charge in [0.15, 0.2) is 5.82 Å². The summed E-state index contributed by atoms with van der Waals surface area (Å²) in [5.41, 5.74) is 0. The molecule has 20 heavy (non-hydrogen) atoms. The van der Waals surface area contributed by atoms with Crippen LogP contribution in [-0.4, -0.2) is 40.9 Å². The molecule has 1 aliphatic rings. The fourth-order valence-corrected chi connectivity index (χ4v) is 1.97. The number of aliphatic hydroxyl groups is 1. The summed E-state index contributed by atoms with van der Waals surface area (Å²) in [6, 6.07) is 1.86. The third kappa shape index (κ3) is 4.61. The van der Waals surface area contributed by atoms with Crippen molar-refractivity contribution in [3.05, 3.63) is 11.9 Å². The monoisotopic (exact) mass is 280 g/mol. The standard InChI is InChI=1S/C14H24N4O2/c1-3-15-12-7-13(16-8-11(19)10-5-6-10)18-14(17-12)9-20-4-2/h7,10-11,19H,3-6,8-9H2,1-2H3,(H2,15,16,17,18). The number of ether oxygens (including phenoxy) is 1. The van der Waals surface area contributed by atoms with Gasteiger partial charge in [0.25, 0.3) is 0 Å². The second kappa shape index (κ2) is 7.40. The van der Waals surface area contributed by atoms with Gasteiger partial charge >= 0.3 is 0 Å². The Morgan fingerprint density at radius 1 is 1.30 bits per heavy atom. The minimum absolute atomic E-state index is 0.289. The second-order valence-corrected chi connectivity index (χ2v) is 5.01.